The maximum Gasteiger partial charge on any atom is 0.125 e. The monoisotopic (exact) mass is 314 g/mol. The summed E-state index contributed by atoms with van der Waals surface area (Å²) in [6.07, 6.45) is 11.6. The van der Waals surface area contributed by atoms with Gasteiger partial charge in [-0.2, -0.15) is 0 Å². The van der Waals surface area contributed by atoms with Crippen molar-refractivity contribution in [2.24, 2.45) is 5.92 Å². The van der Waals surface area contributed by atoms with Crippen LogP contribution < -0.4 is 4.74 Å². The largest absolute Gasteiger partial charge is 0.507 e. The molecule has 1 aromatic rings. The third kappa shape index (κ3) is 5.63. The molecule has 0 saturated heterocycles. The Hall–Kier alpha value is -1.96. The average molecular weight is 314 g/mol. The number of benzene rings is 1. The van der Waals surface area contributed by atoms with E-state index in [1.54, 1.807) is 7.11 Å². The molecule has 0 unspecified atom stereocenters. The molecule has 1 rings (SSSR count). The van der Waals surface area contributed by atoms with Crippen LogP contribution in [-0.2, 0) is 0 Å². The van der Waals surface area contributed by atoms with Crippen molar-refractivity contribution >= 4 is 0 Å². The van der Waals surface area contributed by atoms with Gasteiger partial charge in [0.1, 0.15) is 11.5 Å². The molecule has 0 bridgehead atoms. The van der Waals surface area contributed by atoms with Gasteiger partial charge >= 0.3 is 0 Å². The lowest BCUT2D eigenvalue weighted by molar-refractivity contribution is 0.400. The molecule has 0 aromatic heterocycles. The summed E-state index contributed by atoms with van der Waals surface area (Å²) >= 11 is 0. The van der Waals surface area contributed by atoms with Crippen molar-refractivity contribution in [1.29, 1.82) is 0 Å². The van der Waals surface area contributed by atoms with E-state index in [1.165, 1.54) is 5.57 Å². The molecule has 0 fully saturated rings. The van der Waals surface area contributed by atoms with Crippen LogP contribution in [-0.4, -0.2) is 12.2 Å². The number of phenols is 1. The average Bonchev–Trinajstić information content (AvgIpc) is 2.49. The van der Waals surface area contributed by atoms with Crippen molar-refractivity contribution < 1.29 is 9.84 Å². The lowest BCUT2D eigenvalue weighted by Gasteiger charge is -2.20. The minimum atomic E-state index is 0.190. The zero-order valence-corrected chi connectivity index (χ0v) is 15.3. The van der Waals surface area contributed by atoms with Crippen LogP contribution in [0.3, 0.4) is 0 Å². The van der Waals surface area contributed by atoms with Gasteiger partial charge in [0.15, 0.2) is 0 Å². The van der Waals surface area contributed by atoms with Crippen molar-refractivity contribution in [3.8, 4) is 11.5 Å². The number of allylic oxidation sites excluding steroid dienone is 6. The molecule has 2 atom stereocenters. The van der Waals surface area contributed by atoms with Gasteiger partial charge in [-0.25, -0.2) is 0 Å². The molecule has 1 N–H and O–H groups in total. The first kappa shape index (κ1) is 19.1. The molecule has 0 aliphatic heterocycles. The second kappa shape index (κ2) is 9.24. The first-order chi connectivity index (χ1) is 10.9. The summed E-state index contributed by atoms with van der Waals surface area (Å²) in [5.74, 6) is 1.68. The summed E-state index contributed by atoms with van der Waals surface area (Å²) in [5.41, 5.74) is 3.03. The number of hydrogen-bond acceptors (Lipinski definition) is 2. The Morgan fingerprint density at radius 1 is 1.26 bits per heavy atom. The van der Waals surface area contributed by atoms with Crippen LogP contribution in [0.2, 0.25) is 0 Å². The van der Waals surface area contributed by atoms with Gasteiger partial charge in [0, 0.05) is 17.0 Å². The zero-order chi connectivity index (χ0) is 17.4. The van der Waals surface area contributed by atoms with Gasteiger partial charge in [-0.15, -0.1) is 0 Å². The molecule has 0 radical (unpaired) electrons. The summed E-state index contributed by atoms with van der Waals surface area (Å²) < 4.78 is 5.29. The molecule has 0 aliphatic carbocycles. The highest BCUT2D eigenvalue weighted by atomic mass is 16.5. The highest BCUT2D eigenvalue weighted by Crippen LogP contribution is 2.38. The highest BCUT2D eigenvalue weighted by Gasteiger charge is 2.18. The van der Waals surface area contributed by atoms with Crippen LogP contribution in [0.25, 0.3) is 0 Å². The van der Waals surface area contributed by atoms with E-state index in [9.17, 15) is 5.11 Å². The predicted molar refractivity (Wildman–Crippen MR) is 99.3 cm³/mol. The maximum absolute atomic E-state index is 10.6. The van der Waals surface area contributed by atoms with E-state index in [2.05, 4.69) is 39.0 Å². The predicted octanol–water partition coefficient (Wildman–Crippen LogP) is 5.92. The first-order valence-electron chi connectivity index (χ1n) is 8.21. The summed E-state index contributed by atoms with van der Waals surface area (Å²) in [6.45, 7) is 10.3. The standard InChI is InChI=1S/C21H30O2/c1-7-8-9-10-16(4)14-18(13-15(2)3)19-11-12-20(23-6)17(5)21(19)22/h7-13,16,18,22H,14H2,1-6H3/b8-7+,10-9-/t16-,18-/m0/s1. The molecule has 0 heterocycles. The van der Waals surface area contributed by atoms with Crippen molar-refractivity contribution in [3.63, 3.8) is 0 Å². The summed E-state index contributed by atoms with van der Waals surface area (Å²) in [4.78, 5) is 0. The van der Waals surface area contributed by atoms with E-state index in [-0.39, 0.29) is 5.92 Å². The SMILES string of the molecule is C/C=C/C=C\[C@H](C)C[C@H](C=C(C)C)c1ccc(OC)c(C)c1O. The number of rotatable bonds is 7. The fraction of sp³-hybridized carbons (Fsp3) is 0.429. The lowest BCUT2D eigenvalue weighted by Crippen LogP contribution is -2.04. The van der Waals surface area contributed by atoms with E-state index >= 15 is 0 Å². The van der Waals surface area contributed by atoms with E-state index in [0.717, 1.165) is 23.3 Å². The van der Waals surface area contributed by atoms with Crippen LogP contribution in [0.1, 0.15) is 51.2 Å². The third-order valence-electron chi connectivity index (χ3n) is 3.94. The number of hydrogen-bond donors (Lipinski definition) is 1. The van der Waals surface area contributed by atoms with E-state index in [4.69, 9.17) is 4.74 Å². The van der Waals surface area contributed by atoms with Crippen LogP contribution in [0.15, 0.2) is 48.1 Å². The quantitative estimate of drug-likeness (QED) is 0.500. The Kier molecular flexibility index (Phi) is 7.67. The van der Waals surface area contributed by atoms with E-state index in [1.807, 2.05) is 38.1 Å². The Morgan fingerprint density at radius 2 is 1.96 bits per heavy atom. The zero-order valence-electron chi connectivity index (χ0n) is 15.3. The molecule has 0 saturated carbocycles. The van der Waals surface area contributed by atoms with E-state index < -0.39 is 0 Å². The van der Waals surface area contributed by atoms with Crippen molar-refractivity contribution in [3.05, 3.63) is 59.2 Å². The molecule has 2 nitrogen and oxygen atoms in total. The number of methoxy groups -OCH3 is 1. The fourth-order valence-corrected chi connectivity index (χ4v) is 2.75. The highest BCUT2D eigenvalue weighted by molar-refractivity contribution is 5.50. The molecule has 23 heavy (non-hydrogen) atoms. The lowest BCUT2D eigenvalue weighted by atomic mass is 9.86. The van der Waals surface area contributed by atoms with E-state index in [0.29, 0.717) is 11.7 Å². The number of ether oxygens (including phenoxy) is 1. The summed E-state index contributed by atoms with van der Waals surface area (Å²) in [7, 11) is 1.63. The first-order valence-corrected chi connectivity index (χ1v) is 8.21. The molecular formula is C21H30O2. The van der Waals surface area contributed by atoms with Gasteiger partial charge in [0.2, 0.25) is 0 Å². The Labute approximate surface area is 141 Å². The second-order valence-electron chi connectivity index (χ2n) is 6.30. The molecule has 0 amide bonds. The molecule has 2 heteroatoms. The van der Waals surface area contributed by atoms with Crippen LogP contribution in [0.4, 0.5) is 0 Å². The van der Waals surface area contributed by atoms with Gasteiger partial charge < -0.3 is 9.84 Å². The smallest absolute Gasteiger partial charge is 0.125 e. The molecule has 0 spiro atoms. The minimum Gasteiger partial charge on any atom is -0.507 e. The molecular weight excluding hydrogens is 284 g/mol. The molecule has 1 aromatic carbocycles. The van der Waals surface area contributed by atoms with Gasteiger partial charge in [0.25, 0.3) is 0 Å². The minimum absolute atomic E-state index is 0.190. The number of phenolic OH excluding ortho intramolecular Hbond substituents is 1. The number of aromatic hydroxyl groups is 1. The summed E-state index contributed by atoms with van der Waals surface area (Å²) in [6, 6.07) is 3.92. The van der Waals surface area contributed by atoms with Crippen LogP contribution >= 0.6 is 0 Å². The van der Waals surface area contributed by atoms with Gasteiger partial charge in [-0.1, -0.05) is 48.9 Å². The Bertz CT molecular complexity index is 590. The summed E-state index contributed by atoms with van der Waals surface area (Å²) in [5, 5.41) is 10.6. The van der Waals surface area contributed by atoms with Crippen molar-refractivity contribution in [1.82, 2.24) is 0 Å². The molecule has 0 aliphatic rings. The van der Waals surface area contributed by atoms with Crippen molar-refractivity contribution in [2.75, 3.05) is 7.11 Å². The maximum atomic E-state index is 10.6. The van der Waals surface area contributed by atoms with Crippen LogP contribution in [0, 0.1) is 12.8 Å². The van der Waals surface area contributed by atoms with Gasteiger partial charge in [0.05, 0.1) is 7.11 Å². The Balaban J connectivity index is 3.13. The second-order valence-corrected chi connectivity index (χ2v) is 6.30. The van der Waals surface area contributed by atoms with Gasteiger partial charge in [-0.3, -0.25) is 0 Å². The topological polar surface area (TPSA) is 29.5 Å². The molecule has 126 valence electrons. The van der Waals surface area contributed by atoms with Crippen LogP contribution in [0.5, 0.6) is 11.5 Å². The van der Waals surface area contributed by atoms with Crippen molar-refractivity contribution in [2.45, 2.75) is 47.0 Å². The fourth-order valence-electron chi connectivity index (χ4n) is 2.75. The third-order valence-corrected chi connectivity index (χ3v) is 3.94. The normalized spacial score (nSPS) is 14.2. The Morgan fingerprint density at radius 3 is 2.52 bits per heavy atom. The van der Waals surface area contributed by atoms with Gasteiger partial charge in [-0.05, 0) is 46.1 Å².